The van der Waals surface area contributed by atoms with Crippen molar-refractivity contribution in [1.82, 2.24) is 15.2 Å². The molecular formula is C26H22N4O3S. The second kappa shape index (κ2) is 9.44. The Morgan fingerprint density at radius 2 is 1.85 bits per heavy atom. The predicted octanol–water partition coefficient (Wildman–Crippen LogP) is 6.01. The van der Waals surface area contributed by atoms with Crippen LogP contribution in [0.2, 0.25) is 0 Å². The van der Waals surface area contributed by atoms with E-state index in [-0.39, 0.29) is 5.91 Å². The normalized spacial score (nSPS) is 11.9. The maximum absolute atomic E-state index is 13.4. The number of benzene rings is 3. The summed E-state index contributed by atoms with van der Waals surface area (Å²) in [5.74, 6) is 0.773. The Morgan fingerprint density at radius 3 is 2.68 bits per heavy atom. The number of amides is 1. The average molecular weight is 471 g/mol. The fourth-order valence-electron chi connectivity index (χ4n) is 3.73. The van der Waals surface area contributed by atoms with Crippen LogP contribution in [0, 0.1) is 6.92 Å². The molecule has 0 aliphatic rings. The van der Waals surface area contributed by atoms with Crippen LogP contribution in [0.25, 0.3) is 22.4 Å². The van der Waals surface area contributed by atoms with Gasteiger partial charge < -0.3 is 19.5 Å². The highest BCUT2D eigenvalue weighted by Gasteiger charge is 2.26. The van der Waals surface area contributed by atoms with Crippen LogP contribution in [-0.2, 0) is 4.79 Å². The largest absolute Gasteiger partial charge is 0.495 e. The SMILES string of the molecule is COc1ccc(C)cc1NC(=O)C(Sc1nnc(-c2c[nH]c3ccccc23)o1)c1ccccc1. The van der Waals surface area contributed by atoms with Crippen molar-refractivity contribution in [3.05, 3.63) is 90.1 Å². The van der Waals surface area contributed by atoms with Gasteiger partial charge in [-0.25, -0.2) is 0 Å². The van der Waals surface area contributed by atoms with E-state index in [0.717, 1.165) is 27.6 Å². The summed E-state index contributed by atoms with van der Waals surface area (Å²) < 4.78 is 11.4. The van der Waals surface area contributed by atoms with E-state index in [1.807, 2.05) is 85.9 Å². The highest BCUT2D eigenvalue weighted by molar-refractivity contribution is 8.00. The van der Waals surface area contributed by atoms with Crippen molar-refractivity contribution in [3.63, 3.8) is 0 Å². The third-order valence-electron chi connectivity index (χ3n) is 5.40. The molecule has 5 aromatic rings. The number of hydrogen-bond donors (Lipinski definition) is 2. The number of carbonyl (C=O) groups excluding carboxylic acids is 1. The van der Waals surface area contributed by atoms with E-state index in [1.54, 1.807) is 7.11 Å². The number of ether oxygens (including phenoxy) is 1. The number of rotatable bonds is 7. The maximum Gasteiger partial charge on any atom is 0.277 e. The smallest absolute Gasteiger partial charge is 0.277 e. The first-order valence-corrected chi connectivity index (χ1v) is 11.6. The molecule has 1 amide bonds. The fraction of sp³-hybridized carbons (Fsp3) is 0.115. The summed E-state index contributed by atoms with van der Waals surface area (Å²) in [5, 5.41) is 12.1. The summed E-state index contributed by atoms with van der Waals surface area (Å²) >= 11 is 1.21. The highest BCUT2D eigenvalue weighted by atomic mass is 32.2. The lowest BCUT2D eigenvalue weighted by atomic mass is 10.1. The lowest BCUT2D eigenvalue weighted by Gasteiger charge is -2.17. The van der Waals surface area contributed by atoms with Gasteiger partial charge >= 0.3 is 0 Å². The number of nitrogens with one attached hydrogen (secondary N) is 2. The van der Waals surface area contributed by atoms with Crippen LogP contribution in [0.15, 0.2) is 88.6 Å². The average Bonchev–Trinajstić information content (AvgIpc) is 3.50. The minimum Gasteiger partial charge on any atom is -0.495 e. The van der Waals surface area contributed by atoms with E-state index in [1.165, 1.54) is 11.8 Å². The molecule has 3 aromatic carbocycles. The van der Waals surface area contributed by atoms with E-state index in [4.69, 9.17) is 9.15 Å². The van der Waals surface area contributed by atoms with Gasteiger partial charge in [-0.3, -0.25) is 4.79 Å². The molecule has 2 aromatic heterocycles. The zero-order valence-electron chi connectivity index (χ0n) is 18.6. The number of methoxy groups -OCH3 is 1. The maximum atomic E-state index is 13.4. The van der Waals surface area contributed by atoms with Crippen LogP contribution in [0.1, 0.15) is 16.4 Å². The van der Waals surface area contributed by atoms with Gasteiger partial charge in [-0.05, 0) is 48.0 Å². The Bertz CT molecular complexity index is 1450. The molecular weight excluding hydrogens is 448 g/mol. The third-order valence-corrected chi connectivity index (χ3v) is 6.49. The van der Waals surface area contributed by atoms with E-state index in [0.29, 0.717) is 22.6 Å². The van der Waals surface area contributed by atoms with Crippen molar-refractivity contribution in [2.45, 2.75) is 17.4 Å². The number of para-hydroxylation sites is 1. The number of aromatic nitrogens is 3. The zero-order valence-corrected chi connectivity index (χ0v) is 19.4. The number of carbonyl (C=O) groups is 1. The number of hydrogen-bond acceptors (Lipinski definition) is 6. The van der Waals surface area contributed by atoms with Crippen LogP contribution in [0.4, 0.5) is 5.69 Å². The molecule has 1 atom stereocenters. The first-order valence-electron chi connectivity index (χ1n) is 10.7. The standard InChI is InChI=1S/C26H22N4O3S/c1-16-12-13-22(32-2)21(14-16)28-24(31)23(17-8-4-3-5-9-17)34-26-30-29-25(33-26)19-15-27-20-11-7-6-10-18(19)20/h3-15,23,27H,1-2H3,(H,28,31). The molecule has 2 heterocycles. The Hall–Kier alpha value is -4.04. The summed E-state index contributed by atoms with van der Waals surface area (Å²) in [6, 6.07) is 23.1. The summed E-state index contributed by atoms with van der Waals surface area (Å²) in [6.07, 6.45) is 1.85. The summed E-state index contributed by atoms with van der Waals surface area (Å²) in [5.41, 5.74) is 4.25. The molecule has 0 saturated carbocycles. The van der Waals surface area contributed by atoms with Crippen molar-refractivity contribution in [1.29, 1.82) is 0 Å². The van der Waals surface area contributed by atoms with Gasteiger partial charge in [0.1, 0.15) is 11.0 Å². The van der Waals surface area contributed by atoms with Crippen molar-refractivity contribution in [2.75, 3.05) is 12.4 Å². The first kappa shape index (κ1) is 21.8. The Morgan fingerprint density at radius 1 is 1.06 bits per heavy atom. The van der Waals surface area contributed by atoms with Crippen molar-refractivity contribution in [2.24, 2.45) is 0 Å². The minimum absolute atomic E-state index is 0.216. The monoisotopic (exact) mass is 470 g/mol. The quantitative estimate of drug-likeness (QED) is 0.283. The van der Waals surface area contributed by atoms with Gasteiger partial charge in [0.15, 0.2) is 0 Å². The number of nitrogens with zero attached hydrogens (tertiary/aromatic N) is 2. The first-order chi connectivity index (χ1) is 16.6. The molecule has 0 fully saturated rings. The second-order valence-electron chi connectivity index (χ2n) is 7.72. The Balaban J connectivity index is 1.44. The molecule has 0 bridgehead atoms. The number of fused-ring (bicyclic) bond motifs is 1. The fourth-order valence-corrected chi connectivity index (χ4v) is 4.61. The van der Waals surface area contributed by atoms with Crippen LogP contribution in [0.3, 0.4) is 0 Å². The highest BCUT2D eigenvalue weighted by Crippen LogP contribution is 2.38. The van der Waals surface area contributed by atoms with Crippen LogP contribution in [0.5, 0.6) is 5.75 Å². The van der Waals surface area contributed by atoms with Crippen molar-refractivity contribution in [3.8, 4) is 17.2 Å². The topological polar surface area (TPSA) is 93.0 Å². The summed E-state index contributed by atoms with van der Waals surface area (Å²) in [4.78, 5) is 16.6. The molecule has 8 heteroatoms. The van der Waals surface area contributed by atoms with Gasteiger partial charge in [0.05, 0.1) is 18.4 Å². The van der Waals surface area contributed by atoms with Crippen LogP contribution < -0.4 is 10.1 Å². The van der Waals surface area contributed by atoms with E-state index >= 15 is 0 Å². The number of H-pyrrole nitrogens is 1. The van der Waals surface area contributed by atoms with Crippen LogP contribution in [-0.4, -0.2) is 28.2 Å². The Labute approximate surface area is 200 Å². The van der Waals surface area contributed by atoms with E-state index in [2.05, 4.69) is 20.5 Å². The molecule has 170 valence electrons. The molecule has 34 heavy (non-hydrogen) atoms. The summed E-state index contributed by atoms with van der Waals surface area (Å²) in [6.45, 7) is 1.96. The number of thioether (sulfide) groups is 1. The molecule has 1 unspecified atom stereocenters. The van der Waals surface area contributed by atoms with E-state index in [9.17, 15) is 4.79 Å². The molecule has 0 spiro atoms. The van der Waals surface area contributed by atoms with Gasteiger partial charge in [0, 0.05) is 17.1 Å². The predicted molar refractivity (Wildman–Crippen MR) is 133 cm³/mol. The summed E-state index contributed by atoms with van der Waals surface area (Å²) in [7, 11) is 1.58. The van der Waals surface area contributed by atoms with Gasteiger partial charge in [-0.1, -0.05) is 54.6 Å². The molecule has 0 aliphatic carbocycles. The van der Waals surface area contributed by atoms with Gasteiger partial charge in [-0.2, -0.15) is 0 Å². The number of aromatic amines is 1. The molecule has 7 nitrogen and oxygen atoms in total. The number of anilines is 1. The van der Waals surface area contributed by atoms with Gasteiger partial charge in [-0.15, -0.1) is 10.2 Å². The third kappa shape index (κ3) is 4.40. The lowest BCUT2D eigenvalue weighted by molar-refractivity contribution is -0.115. The zero-order chi connectivity index (χ0) is 23.5. The lowest BCUT2D eigenvalue weighted by Crippen LogP contribution is -2.19. The Kier molecular flexibility index (Phi) is 6.05. The van der Waals surface area contributed by atoms with Crippen molar-refractivity contribution >= 4 is 34.3 Å². The number of aryl methyl sites for hydroxylation is 1. The molecule has 5 rings (SSSR count). The molecule has 2 N–H and O–H groups in total. The van der Waals surface area contributed by atoms with Crippen LogP contribution >= 0.6 is 11.8 Å². The molecule has 0 aliphatic heterocycles. The minimum atomic E-state index is -0.609. The molecule has 0 saturated heterocycles. The molecule has 0 radical (unpaired) electrons. The van der Waals surface area contributed by atoms with Gasteiger partial charge in [0.2, 0.25) is 5.91 Å². The van der Waals surface area contributed by atoms with E-state index < -0.39 is 5.25 Å². The van der Waals surface area contributed by atoms with Crippen molar-refractivity contribution < 1.29 is 13.9 Å². The second-order valence-corrected chi connectivity index (χ2v) is 8.78. The van der Waals surface area contributed by atoms with Gasteiger partial charge in [0.25, 0.3) is 11.1 Å².